The van der Waals surface area contributed by atoms with Gasteiger partial charge in [0.25, 0.3) is 0 Å². The maximum Gasteiger partial charge on any atom is 0.345 e. The smallest absolute Gasteiger partial charge is 0.345 e. The Morgan fingerprint density at radius 2 is 2.31 bits per heavy atom. The normalized spacial score (nSPS) is 12.8. The van der Waals surface area contributed by atoms with Gasteiger partial charge in [0, 0.05) is 10.8 Å². The van der Waals surface area contributed by atoms with Gasteiger partial charge in [0.2, 0.25) is 0 Å². The minimum Gasteiger partial charge on any atom is -0.477 e. The summed E-state index contributed by atoms with van der Waals surface area (Å²) in [7, 11) is 0. The Hall–Kier alpha value is -0.870. The summed E-state index contributed by atoms with van der Waals surface area (Å²) in [5.41, 5.74) is 0. The van der Waals surface area contributed by atoms with Gasteiger partial charge in [0.05, 0.1) is 6.61 Å². The van der Waals surface area contributed by atoms with Gasteiger partial charge in [-0.15, -0.1) is 11.3 Å². The second-order valence-electron chi connectivity index (χ2n) is 2.79. The molecule has 0 radical (unpaired) electrons. The van der Waals surface area contributed by atoms with E-state index in [1.54, 1.807) is 12.1 Å². The summed E-state index contributed by atoms with van der Waals surface area (Å²) in [6, 6.07) is 3.36. The van der Waals surface area contributed by atoms with Crippen LogP contribution in [0.15, 0.2) is 12.1 Å². The Morgan fingerprint density at radius 3 is 2.69 bits per heavy atom. The first-order valence-electron chi connectivity index (χ1n) is 4.13. The molecule has 72 valence electrons. The van der Waals surface area contributed by atoms with Crippen molar-refractivity contribution in [3.05, 3.63) is 21.9 Å². The molecule has 0 spiro atoms. The highest BCUT2D eigenvalue weighted by molar-refractivity contribution is 7.14. The van der Waals surface area contributed by atoms with Crippen LogP contribution < -0.4 is 0 Å². The number of carboxylic acid groups (broad SMARTS) is 1. The van der Waals surface area contributed by atoms with Crippen LogP contribution in [0.2, 0.25) is 0 Å². The number of rotatable bonds is 4. The first kappa shape index (κ1) is 10.2. The van der Waals surface area contributed by atoms with Crippen LogP contribution in [0.3, 0.4) is 0 Å². The van der Waals surface area contributed by atoms with Gasteiger partial charge >= 0.3 is 5.97 Å². The Morgan fingerprint density at radius 1 is 1.62 bits per heavy atom. The summed E-state index contributed by atoms with van der Waals surface area (Å²) in [6.07, 6.45) is 0.829. The van der Waals surface area contributed by atoms with Crippen molar-refractivity contribution in [3.63, 3.8) is 0 Å². The Labute approximate surface area is 80.6 Å². The highest BCUT2D eigenvalue weighted by Crippen LogP contribution is 2.26. The van der Waals surface area contributed by atoms with Crippen LogP contribution in [0.25, 0.3) is 0 Å². The maximum absolute atomic E-state index is 10.6. The van der Waals surface area contributed by atoms with E-state index in [1.807, 2.05) is 6.92 Å². The molecule has 0 aliphatic heterocycles. The molecule has 0 bridgehead atoms. The fraction of sp³-hybridized carbons (Fsp3) is 0.444. The zero-order chi connectivity index (χ0) is 9.84. The van der Waals surface area contributed by atoms with Crippen molar-refractivity contribution in [3.8, 4) is 0 Å². The average molecular weight is 200 g/mol. The number of aliphatic hydroxyl groups is 1. The van der Waals surface area contributed by atoms with Crippen molar-refractivity contribution in [1.29, 1.82) is 0 Å². The molecule has 0 amide bonds. The van der Waals surface area contributed by atoms with Crippen molar-refractivity contribution in [1.82, 2.24) is 0 Å². The highest BCUT2D eigenvalue weighted by atomic mass is 32.1. The van der Waals surface area contributed by atoms with Gasteiger partial charge < -0.3 is 10.2 Å². The van der Waals surface area contributed by atoms with E-state index in [9.17, 15) is 4.79 Å². The maximum atomic E-state index is 10.6. The van der Waals surface area contributed by atoms with Gasteiger partial charge in [-0.25, -0.2) is 4.79 Å². The first-order valence-corrected chi connectivity index (χ1v) is 4.94. The van der Waals surface area contributed by atoms with Crippen molar-refractivity contribution in [2.75, 3.05) is 6.61 Å². The third-order valence-corrected chi connectivity index (χ3v) is 3.19. The quantitative estimate of drug-likeness (QED) is 0.780. The minimum atomic E-state index is -0.899. The van der Waals surface area contributed by atoms with Crippen LogP contribution >= 0.6 is 11.3 Å². The van der Waals surface area contributed by atoms with Crippen LogP contribution in [0.4, 0.5) is 0 Å². The zero-order valence-corrected chi connectivity index (χ0v) is 8.17. The lowest BCUT2D eigenvalue weighted by Crippen LogP contribution is -1.99. The second kappa shape index (κ2) is 4.39. The second-order valence-corrected chi connectivity index (χ2v) is 3.91. The Bertz CT molecular complexity index is 289. The number of carboxylic acids is 1. The topological polar surface area (TPSA) is 57.5 Å². The van der Waals surface area contributed by atoms with E-state index in [4.69, 9.17) is 10.2 Å². The van der Waals surface area contributed by atoms with Gasteiger partial charge in [0.15, 0.2) is 0 Å². The minimum absolute atomic E-state index is 0.0794. The lowest BCUT2D eigenvalue weighted by Gasteiger charge is -2.07. The van der Waals surface area contributed by atoms with E-state index < -0.39 is 5.97 Å². The van der Waals surface area contributed by atoms with Crippen molar-refractivity contribution in [2.24, 2.45) is 0 Å². The van der Waals surface area contributed by atoms with Crippen molar-refractivity contribution in [2.45, 2.75) is 19.3 Å². The van der Waals surface area contributed by atoms with Crippen LogP contribution in [-0.2, 0) is 0 Å². The number of aliphatic hydroxyl groups excluding tert-OH is 1. The van der Waals surface area contributed by atoms with Crippen molar-refractivity contribution >= 4 is 17.3 Å². The van der Waals surface area contributed by atoms with Crippen molar-refractivity contribution < 1.29 is 15.0 Å². The van der Waals surface area contributed by atoms with E-state index in [0.29, 0.717) is 4.88 Å². The van der Waals surface area contributed by atoms with Crippen LogP contribution in [0, 0.1) is 0 Å². The molecule has 1 atom stereocenters. The van der Waals surface area contributed by atoms with Gasteiger partial charge in [-0.3, -0.25) is 0 Å². The van der Waals surface area contributed by atoms with Gasteiger partial charge in [-0.2, -0.15) is 0 Å². The number of hydrogen-bond donors (Lipinski definition) is 2. The Kier molecular flexibility index (Phi) is 3.45. The van der Waals surface area contributed by atoms with Gasteiger partial charge in [0.1, 0.15) is 4.88 Å². The van der Waals surface area contributed by atoms with E-state index in [1.165, 1.54) is 11.3 Å². The molecule has 1 aromatic rings. The predicted molar refractivity (Wildman–Crippen MR) is 51.4 cm³/mol. The van der Waals surface area contributed by atoms with E-state index >= 15 is 0 Å². The lowest BCUT2D eigenvalue weighted by molar-refractivity contribution is 0.0702. The molecule has 1 aromatic heterocycles. The van der Waals surface area contributed by atoms with Gasteiger partial charge in [-0.05, 0) is 18.6 Å². The summed E-state index contributed by atoms with van der Waals surface area (Å²) in [5, 5.41) is 17.7. The SMILES string of the molecule is CCC(CO)c1ccc(C(=O)O)s1. The molecule has 0 saturated carbocycles. The van der Waals surface area contributed by atoms with Crippen LogP contribution in [-0.4, -0.2) is 22.8 Å². The molecule has 0 fully saturated rings. The highest BCUT2D eigenvalue weighted by Gasteiger charge is 2.13. The molecule has 0 saturated heterocycles. The number of carbonyl (C=O) groups is 1. The molecule has 3 nitrogen and oxygen atoms in total. The predicted octanol–water partition coefficient (Wildman–Crippen LogP) is 1.93. The molecule has 1 rings (SSSR count). The lowest BCUT2D eigenvalue weighted by atomic mass is 10.1. The number of hydrogen-bond acceptors (Lipinski definition) is 3. The summed E-state index contributed by atoms with van der Waals surface area (Å²) < 4.78 is 0. The molecular weight excluding hydrogens is 188 g/mol. The standard InChI is InChI=1S/C9H12O3S/c1-2-6(5-10)7-3-4-8(13-7)9(11)12/h3-4,6,10H,2,5H2,1H3,(H,11,12). The number of aromatic carboxylic acids is 1. The van der Waals surface area contributed by atoms with E-state index in [0.717, 1.165) is 11.3 Å². The Balaban J connectivity index is 2.84. The van der Waals surface area contributed by atoms with Crippen LogP contribution in [0.5, 0.6) is 0 Å². The molecule has 13 heavy (non-hydrogen) atoms. The average Bonchev–Trinajstić information content (AvgIpc) is 2.56. The summed E-state index contributed by atoms with van der Waals surface area (Å²) in [5.74, 6) is -0.817. The molecule has 1 heterocycles. The van der Waals surface area contributed by atoms with Gasteiger partial charge in [-0.1, -0.05) is 6.92 Å². The van der Waals surface area contributed by atoms with E-state index in [-0.39, 0.29) is 12.5 Å². The third kappa shape index (κ3) is 2.29. The first-order chi connectivity index (χ1) is 6.19. The fourth-order valence-electron chi connectivity index (χ4n) is 1.11. The third-order valence-electron chi connectivity index (χ3n) is 1.95. The largest absolute Gasteiger partial charge is 0.477 e. The number of thiophene rings is 1. The molecule has 0 aliphatic carbocycles. The fourth-order valence-corrected chi connectivity index (χ4v) is 2.13. The molecular formula is C9H12O3S. The molecule has 4 heteroatoms. The monoisotopic (exact) mass is 200 g/mol. The molecule has 0 aromatic carbocycles. The van der Waals surface area contributed by atoms with E-state index in [2.05, 4.69) is 0 Å². The molecule has 2 N–H and O–H groups in total. The molecule has 0 aliphatic rings. The summed E-state index contributed by atoms with van der Waals surface area (Å²) in [6.45, 7) is 2.05. The van der Waals surface area contributed by atoms with Crippen LogP contribution in [0.1, 0.15) is 33.8 Å². The zero-order valence-electron chi connectivity index (χ0n) is 7.36. The molecule has 1 unspecified atom stereocenters. The summed E-state index contributed by atoms with van der Waals surface area (Å²) >= 11 is 1.24. The summed E-state index contributed by atoms with van der Waals surface area (Å²) in [4.78, 5) is 11.8.